The predicted octanol–water partition coefficient (Wildman–Crippen LogP) is 3.93. The SMILES string of the molecule is C=CCOc1c(I)cc(/C=c2/sc3n(c2=O)[C@@H](c2ccc(OCC(=O)OC)c(OCC)c2)C(C(=O)OCC)=C(C)N=3)cc1OC. The molecule has 1 aromatic heterocycles. The number of methoxy groups -OCH3 is 2. The molecular weight excluding hydrogens is 715 g/mol. The first kappa shape index (κ1) is 33.8. The largest absolute Gasteiger partial charge is 0.493 e. The highest BCUT2D eigenvalue weighted by Gasteiger charge is 2.34. The Labute approximate surface area is 277 Å². The van der Waals surface area contributed by atoms with Gasteiger partial charge in [0.05, 0.1) is 52.8 Å². The number of benzene rings is 2. The van der Waals surface area contributed by atoms with Crippen molar-refractivity contribution in [3.05, 3.63) is 88.6 Å². The molecule has 2 aromatic carbocycles. The minimum absolute atomic E-state index is 0.143. The molecule has 0 saturated carbocycles. The summed E-state index contributed by atoms with van der Waals surface area (Å²) in [6.07, 6.45) is 3.40. The third kappa shape index (κ3) is 7.41. The normalized spacial score (nSPS) is 14.3. The van der Waals surface area contributed by atoms with E-state index in [1.54, 1.807) is 57.4 Å². The summed E-state index contributed by atoms with van der Waals surface area (Å²) in [5.74, 6) is 0.592. The fourth-order valence-electron chi connectivity index (χ4n) is 4.64. The lowest BCUT2D eigenvalue weighted by Gasteiger charge is -2.25. The molecular formula is C32H33IN2O9S. The zero-order valence-electron chi connectivity index (χ0n) is 25.5. The van der Waals surface area contributed by atoms with E-state index < -0.39 is 18.0 Å². The smallest absolute Gasteiger partial charge is 0.343 e. The summed E-state index contributed by atoms with van der Waals surface area (Å²) in [5, 5.41) is 0. The van der Waals surface area contributed by atoms with Crippen molar-refractivity contribution >= 4 is 51.9 Å². The molecule has 0 unspecified atom stereocenters. The molecule has 13 heteroatoms. The molecule has 0 saturated heterocycles. The van der Waals surface area contributed by atoms with Crippen molar-refractivity contribution in [1.82, 2.24) is 4.57 Å². The third-order valence-corrected chi connectivity index (χ3v) is 8.35. The van der Waals surface area contributed by atoms with Gasteiger partial charge in [-0.2, -0.15) is 0 Å². The summed E-state index contributed by atoms with van der Waals surface area (Å²) in [4.78, 5) is 44.2. The van der Waals surface area contributed by atoms with Crippen LogP contribution in [-0.2, 0) is 19.1 Å². The fourth-order valence-corrected chi connectivity index (χ4v) is 6.47. The minimum Gasteiger partial charge on any atom is -0.493 e. The lowest BCUT2D eigenvalue weighted by Crippen LogP contribution is -2.40. The lowest BCUT2D eigenvalue weighted by atomic mass is 9.95. The van der Waals surface area contributed by atoms with Crippen LogP contribution in [0.15, 0.2) is 64.0 Å². The van der Waals surface area contributed by atoms with Gasteiger partial charge >= 0.3 is 11.9 Å². The number of carbonyl (C=O) groups excluding carboxylic acids is 2. The summed E-state index contributed by atoms with van der Waals surface area (Å²) in [6.45, 7) is 9.37. The van der Waals surface area contributed by atoms with Crippen molar-refractivity contribution in [1.29, 1.82) is 0 Å². The van der Waals surface area contributed by atoms with E-state index in [1.165, 1.54) is 23.0 Å². The van der Waals surface area contributed by atoms with Gasteiger partial charge in [-0.3, -0.25) is 9.36 Å². The van der Waals surface area contributed by atoms with Crippen LogP contribution in [0.5, 0.6) is 23.0 Å². The van der Waals surface area contributed by atoms with Crippen molar-refractivity contribution in [3.8, 4) is 23.0 Å². The number of hydrogen-bond acceptors (Lipinski definition) is 11. The Hall–Kier alpha value is -4.11. The second kappa shape index (κ2) is 15.3. The molecule has 45 heavy (non-hydrogen) atoms. The fraction of sp³-hybridized carbons (Fsp3) is 0.312. The highest BCUT2D eigenvalue weighted by atomic mass is 127. The van der Waals surface area contributed by atoms with E-state index in [1.807, 2.05) is 13.0 Å². The summed E-state index contributed by atoms with van der Waals surface area (Å²) in [5.41, 5.74) is 1.59. The summed E-state index contributed by atoms with van der Waals surface area (Å²) < 4.78 is 35.5. The van der Waals surface area contributed by atoms with E-state index >= 15 is 0 Å². The van der Waals surface area contributed by atoms with Crippen LogP contribution in [0, 0.1) is 3.57 Å². The van der Waals surface area contributed by atoms with Crippen LogP contribution in [-0.4, -0.2) is 57.2 Å². The van der Waals surface area contributed by atoms with E-state index in [0.717, 1.165) is 9.13 Å². The van der Waals surface area contributed by atoms with Gasteiger partial charge in [0, 0.05) is 0 Å². The zero-order valence-corrected chi connectivity index (χ0v) is 28.5. The number of aromatic nitrogens is 1. The maximum atomic E-state index is 14.1. The van der Waals surface area contributed by atoms with Crippen LogP contribution < -0.4 is 33.8 Å². The number of carbonyl (C=O) groups is 2. The van der Waals surface area contributed by atoms with Gasteiger partial charge in [0.1, 0.15) is 6.61 Å². The maximum absolute atomic E-state index is 14.1. The molecule has 11 nitrogen and oxygen atoms in total. The minimum atomic E-state index is -0.874. The first-order valence-electron chi connectivity index (χ1n) is 13.9. The van der Waals surface area contributed by atoms with Crippen molar-refractivity contribution in [2.24, 2.45) is 4.99 Å². The maximum Gasteiger partial charge on any atom is 0.343 e. The van der Waals surface area contributed by atoms with Crippen LogP contribution in [0.3, 0.4) is 0 Å². The number of hydrogen-bond donors (Lipinski definition) is 0. The molecule has 0 aliphatic carbocycles. The lowest BCUT2D eigenvalue weighted by molar-refractivity contribution is -0.143. The average molecular weight is 749 g/mol. The molecule has 4 rings (SSSR count). The molecule has 238 valence electrons. The van der Waals surface area contributed by atoms with Gasteiger partial charge in [-0.1, -0.05) is 30.1 Å². The molecule has 0 N–H and O–H groups in total. The van der Waals surface area contributed by atoms with Gasteiger partial charge in [-0.15, -0.1) is 0 Å². The quantitative estimate of drug-likeness (QED) is 0.145. The van der Waals surface area contributed by atoms with Crippen LogP contribution in [0.4, 0.5) is 0 Å². The van der Waals surface area contributed by atoms with Gasteiger partial charge in [-0.25, -0.2) is 14.6 Å². The molecule has 0 amide bonds. The van der Waals surface area contributed by atoms with E-state index in [-0.39, 0.29) is 24.3 Å². The second-order valence-corrected chi connectivity index (χ2v) is 11.6. The van der Waals surface area contributed by atoms with Gasteiger partial charge in [-0.05, 0) is 84.8 Å². The Morgan fingerprint density at radius 1 is 1.07 bits per heavy atom. The van der Waals surface area contributed by atoms with Crippen LogP contribution >= 0.6 is 33.9 Å². The van der Waals surface area contributed by atoms with Crippen molar-refractivity contribution in [2.45, 2.75) is 26.8 Å². The standard InChI is InChI=1S/C32H33IN2O9S/c1-7-12-43-29-21(33)13-19(14-24(29)39-5)15-25-30(37)35-28(27(31(38)42-9-3)18(4)34-32(35)45-25)20-10-11-22(23(16-20)41-8-2)44-17-26(36)40-6/h7,10-11,13-16,28H,1,8-9,12,17H2,2-6H3/b25-15+/t28-/m0/s1. The molecule has 1 atom stereocenters. The predicted molar refractivity (Wildman–Crippen MR) is 177 cm³/mol. The Morgan fingerprint density at radius 3 is 2.51 bits per heavy atom. The first-order chi connectivity index (χ1) is 21.7. The van der Waals surface area contributed by atoms with Gasteiger partial charge < -0.3 is 28.4 Å². The van der Waals surface area contributed by atoms with Crippen LogP contribution in [0.25, 0.3) is 6.08 Å². The number of nitrogens with zero attached hydrogens (tertiary/aromatic N) is 2. The molecule has 0 bridgehead atoms. The number of thiazole rings is 1. The summed E-state index contributed by atoms with van der Waals surface area (Å²) >= 11 is 3.36. The van der Waals surface area contributed by atoms with Gasteiger partial charge in [0.15, 0.2) is 34.4 Å². The van der Waals surface area contributed by atoms with E-state index in [4.69, 9.17) is 23.7 Å². The molecule has 0 fully saturated rings. The van der Waals surface area contributed by atoms with Crippen LogP contribution in [0.2, 0.25) is 0 Å². The Morgan fingerprint density at radius 2 is 1.84 bits per heavy atom. The molecule has 0 spiro atoms. The van der Waals surface area contributed by atoms with Crippen molar-refractivity contribution in [3.63, 3.8) is 0 Å². The van der Waals surface area contributed by atoms with E-state index in [0.29, 0.717) is 56.8 Å². The molecule has 1 aliphatic heterocycles. The van der Waals surface area contributed by atoms with Crippen LogP contribution in [0.1, 0.15) is 37.9 Å². The summed E-state index contributed by atoms with van der Waals surface area (Å²) in [7, 11) is 2.82. The Balaban J connectivity index is 1.89. The number of halogens is 1. The third-order valence-electron chi connectivity index (χ3n) is 6.57. The van der Waals surface area contributed by atoms with Gasteiger partial charge in [0.2, 0.25) is 0 Å². The molecule has 0 radical (unpaired) electrons. The highest BCUT2D eigenvalue weighted by molar-refractivity contribution is 14.1. The van der Waals surface area contributed by atoms with Gasteiger partial charge in [0.25, 0.3) is 5.56 Å². The van der Waals surface area contributed by atoms with E-state index in [9.17, 15) is 14.4 Å². The Bertz CT molecular complexity index is 1830. The van der Waals surface area contributed by atoms with E-state index in [2.05, 4.69) is 38.9 Å². The monoisotopic (exact) mass is 748 g/mol. The van der Waals surface area contributed by atoms with Crippen molar-refractivity contribution in [2.75, 3.05) is 40.6 Å². The molecule has 1 aliphatic rings. The number of rotatable bonds is 13. The number of allylic oxidation sites excluding steroid dienone is 1. The second-order valence-electron chi connectivity index (χ2n) is 9.44. The van der Waals surface area contributed by atoms with Crippen molar-refractivity contribution < 1.29 is 38.0 Å². The first-order valence-corrected chi connectivity index (χ1v) is 15.8. The Kier molecular flexibility index (Phi) is 11.4. The highest BCUT2D eigenvalue weighted by Crippen LogP contribution is 2.37. The summed E-state index contributed by atoms with van der Waals surface area (Å²) in [6, 6.07) is 7.82. The topological polar surface area (TPSA) is 124 Å². The number of esters is 2. The average Bonchev–Trinajstić information content (AvgIpc) is 3.32. The number of ether oxygens (including phenoxy) is 6. The molecule has 2 heterocycles. The molecule has 3 aromatic rings. The zero-order chi connectivity index (χ0) is 32.7. The number of fused-ring (bicyclic) bond motifs is 1.